The summed E-state index contributed by atoms with van der Waals surface area (Å²) in [5.74, 6) is 1.12. The first-order valence-electron chi connectivity index (χ1n) is 8.92. The van der Waals surface area contributed by atoms with Crippen LogP contribution in [0.25, 0.3) is 22.6 Å². The van der Waals surface area contributed by atoms with Crippen LogP contribution in [0, 0.1) is 24.0 Å². The predicted octanol–water partition coefficient (Wildman–Crippen LogP) is 6.35. The van der Waals surface area contributed by atoms with Gasteiger partial charge in [0.15, 0.2) is 0 Å². The standard InChI is InChI=1S/C22H17N3O3S/c1-14-10-18(15(2)20(11-14)25(26)27)21-9-8-17(28-21)12-23-22-24-19(13-29-22)16-6-4-3-5-7-16/h3-13H,1-2H3. The third-order valence-corrected chi connectivity index (χ3v) is 5.23. The highest BCUT2D eigenvalue weighted by Gasteiger charge is 2.18. The van der Waals surface area contributed by atoms with Gasteiger partial charge in [-0.3, -0.25) is 10.1 Å². The molecule has 7 heteroatoms. The Labute approximate surface area is 171 Å². The number of thiazole rings is 1. The van der Waals surface area contributed by atoms with E-state index in [9.17, 15) is 10.1 Å². The normalized spacial score (nSPS) is 11.2. The molecule has 29 heavy (non-hydrogen) atoms. The van der Waals surface area contributed by atoms with Crippen molar-refractivity contribution >= 4 is 28.4 Å². The van der Waals surface area contributed by atoms with Gasteiger partial charge in [-0.15, -0.1) is 11.3 Å². The van der Waals surface area contributed by atoms with Crippen LogP contribution >= 0.6 is 11.3 Å². The number of benzene rings is 2. The molecule has 0 N–H and O–H groups in total. The highest BCUT2D eigenvalue weighted by Crippen LogP contribution is 2.32. The highest BCUT2D eigenvalue weighted by atomic mass is 32.1. The second-order valence-corrected chi connectivity index (χ2v) is 7.39. The monoisotopic (exact) mass is 403 g/mol. The molecule has 6 nitrogen and oxygen atoms in total. The van der Waals surface area contributed by atoms with Crippen molar-refractivity contribution in [2.75, 3.05) is 0 Å². The smallest absolute Gasteiger partial charge is 0.273 e. The van der Waals surface area contributed by atoms with Crippen molar-refractivity contribution in [1.82, 2.24) is 4.98 Å². The lowest BCUT2D eigenvalue weighted by atomic mass is 10.0. The number of nitrogens with zero attached hydrogens (tertiary/aromatic N) is 3. The molecule has 0 spiro atoms. The summed E-state index contributed by atoms with van der Waals surface area (Å²) in [5.41, 5.74) is 4.10. The summed E-state index contributed by atoms with van der Waals surface area (Å²) >= 11 is 1.45. The maximum absolute atomic E-state index is 11.3. The quantitative estimate of drug-likeness (QED) is 0.221. The Hall–Kier alpha value is -3.58. The summed E-state index contributed by atoms with van der Waals surface area (Å²) in [6, 6.07) is 17.0. The molecule has 2 heterocycles. The minimum atomic E-state index is -0.371. The van der Waals surface area contributed by atoms with Crippen LogP contribution in [0.15, 0.2) is 69.4 Å². The largest absolute Gasteiger partial charge is 0.455 e. The van der Waals surface area contributed by atoms with Crippen LogP contribution in [0.5, 0.6) is 0 Å². The van der Waals surface area contributed by atoms with E-state index in [0.29, 0.717) is 27.8 Å². The number of aryl methyl sites for hydroxylation is 1. The number of aromatic nitrogens is 1. The number of hydrogen-bond acceptors (Lipinski definition) is 6. The molecule has 0 bridgehead atoms. The van der Waals surface area contributed by atoms with Crippen molar-refractivity contribution in [3.8, 4) is 22.6 Å². The van der Waals surface area contributed by atoms with Crippen LogP contribution in [0.4, 0.5) is 10.8 Å². The zero-order valence-corrected chi connectivity index (χ0v) is 16.6. The molecule has 0 fully saturated rings. The van der Waals surface area contributed by atoms with E-state index in [2.05, 4.69) is 9.98 Å². The fourth-order valence-corrected chi connectivity index (χ4v) is 3.71. The number of aliphatic imine (C=N–C) groups is 1. The van der Waals surface area contributed by atoms with E-state index in [1.54, 1.807) is 31.3 Å². The van der Waals surface area contributed by atoms with Gasteiger partial charge < -0.3 is 4.42 Å². The molecule has 0 aliphatic rings. The molecule has 2 aromatic heterocycles. The summed E-state index contributed by atoms with van der Waals surface area (Å²) in [5, 5.41) is 13.9. The Morgan fingerprint density at radius 3 is 2.69 bits per heavy atom. The van der Waals surface area contributed by atoms with E-state index in [1.165, 1.54) is 11.3 Å². The Morgan fingerprint density at radius 2 is 1.93 bits per heavy atom. The van der Waals surface area contributed by atoms with E-state index < -0.39 is 0 Å². The third-order valence-electron chi connectivity index (χ3n) is 4.48. The molecule has 0 radical (unpaired) electrons. The maximum Gasteiger partial charge on any atom is 0.273 e. The Kier molecular flexibility index (Phi) is 5.05. The topological polar surface area (TPSA) is 81.5 Å². The van der Waals surface area contributed by atoms with Gasteiger partial charge in [0.2, 0.25) is 5.13 Å². The number of rotatable bonds is 5. The SMILES string of the molecule is Cc1cc(-c2ccc(C=Nc3nc(-c4ccccc4)cs3)o2)c(C)c([N+](=O)[O-])c1. The summed E-state index contributed by atoms with van der Waals surface area (Å²) in [6.45, 7) is 3.55. The van der Waals surface area contributed by atoms with Crippen LogP contribution < -0.4 is 0 Å². The van der Waals surface area contributed by atoms with Gasteiger partial charge >= 0.3 is 0 Å². The molecule has 2 aromatic carbocycles. The first-order valence-corrected chi connectivity index (χ1v) is 9.80. The first kappa shape index (κ1) is 18.8. The van der Waals surface area contributed by atoms with E-state index in [1.807, 2.05) is 48.7 Å². The average molecular weight is 403 g/mol. The number of furan rings is 1. The second kappa shape index (κ2) is 7.81. The summed E-state index contributed by atoms with van der Waals surface area (Å²) in [4.78, 5) is 19.8. The van der Waals surface area contributed by atoms with Crippen molar-refractivity contribution in [3.05, 3.63) is 87.0 Å². The average Bonchev–Trinajstić information content (AvgIpc) is 3.38. The molecule has 0 aliphatic carbocycles. The molecule has 0 atom stereocenters. The van der Waals surface area contributed by atoms with Gasteiger partial charge in [0.1, 0.15) is 11.5 Å². The molecule has 0 saturated carbocycles. The lowest BCUT2D eigenvalue weighted by Gasteiger charge is -2.05. The summed E-state index contributed by atoms with van der Waals surface area (Å²) in [6.07, 6.45) is 1.61. The lowest BCUT2D eigenvalue weighted by molar-refractivity contribution is -0.385. The first-order chi connectivity index (χ1) is 14.0. The lowest BCUT2D eigenvalue weighted by Crippen LogP contribution is -1.95. The van der Waals surface area contributed by atoms with Gasteiger partial charge in [-0.25, -0.2) is 9.98 Å². The van der Waals surface area contributed by atoms with Gasteiger partial charge in [-0.2, -0.15) is 0 Å². The van der Waals surface area contributed by atoms with E-state index in [4.69, 9.17) is 4.42 Å². The van der Waals surface area contributed by atoms with Gasteiger partial charge in [0.25, 0.3) is 5.69 Å². The van der Waals surface area contributed by atoms with Gasteiger partial charge in [0, 0.05) is 28.1 Å². The number of nitro groups is 1. The molecule has 0 saturated heterocycles. The van der Waals surface area contributed by atoms with Crippen LogP contribution in [0.3, 0.4) is 0 Å². The fourth-order valence-electron chi connectivity index (χ4n) is 3.04. The predicted molar refractivity (Wildman–Crippen MR) is 115 cm³/mol. The van der Waals surface area contributed by atoms with Crippen molar-refractivity contribution in [2.24, 2.45) is 4.99 Å². The van der Waals surface area contributed by atoms with Crippen molar-refractivity contribution in [2.45, 2.75) is 13.8 Å². The van der Waals surface area contributed by atoms with Crippen LogP contribution in [0.1, 0.15) is 16.9 Å². The Morgan fingerprint density at radius 1 is 1.14 bits per heavy atom. The molecule has 0 amide bonds. The molecule has 144 valence electrons. The minimum Gasteiger partial charge on any atom is -0.455 e. The zero-order chi connectivity index (χ0) is 20.4. The van der Waals surface area contributed by atoms with E-state index in [0.717, 1.165) is 16.8 Å². The molecule has 4 aromatic rings. The molecular formula is C22H17N3O3S. The molecule has 4 rings (SSSR count). The minimum absolute atomic E-state index is 0.0860. The van der Waals surface area contributed by atoms with Crippen LogP contribution in [-0.2, 0) is 0 Å². The van der Waals surface area contributed by atoms with Gasteiger partial charge in [-0.1, -0.05) is 30.3 Å². The third kappa shape index (κ3) is 4.00. The highest BCUT2D eigenvalue weighted by molar-refractivity contribution is 7.13. The van der Waals surface area contributed by atoms with Gasteiger partial charge in [0.05, 0.1) is 16.8 Å². The second-order valence-electron chi connectivity index (χ2n) is 6.56. The molecule has 0 unspecified atom stereocenters. The Balaban J connectivity index is 1.58. The Bertz CT molecular complexity index is 1210. The van der Waals surface area contributed by atoms with Crippen LogP contribution in [0.2, 0.25) is 0 Å². The zero-order valence-electron chi connectivity index (χ0n) is 15.8. The van der Waals surface area contributed by atoms with Gasteiger partial charge in [-0.05, 0) is 37.6 Å². The molecule has 0 aliphatic heterocycles. The van der Waals surface area contributed by atoms with E-state index in [-0.39, 0.29) is 10.6 Å². The van der Waals surface area contributed by atoms with Crippen molar-refractivity contribution < 1.29 is 9.34 Å². The molecular weight excluding hydrogens is 386 g/mol. The maximum atomic E-state index is 11.3. The number of nitro benzene ring substituents is 1. The number of hydrogen-bond donors (Lipinski definition) is 0. The van der Waals surface area contributed by atoms with Crippen molar-refractivity contribution in [3.63, 3.8) is 0 Å². The fraction of sp³-hybridized carbons (Fsp3) is 0.0909. The van der Waals surface area contributed by atoms with Crippen LogP contribution in [-0.4, -0.2) is 16.1 Å². The van der Waals surface area contributed by atoms with E-state index >= 15 is 0 Å². The summed E-state index contributed by atoms with van der Waals surface area (Å²) < 4.78 is 5.86. The van der Waals surface area contributed by atoms with Crippen molar-refractivity contribution in [1.29, 1.82) is 0 Å². The summed E-state index contributed by atoms with van der Waals surface area (Å²) in [7, 11) is 0.